The largest absolute Gasteiger partial charge is 0.494 e. The number of nitro benzene ring substituents is 1. The molecule has 2 aromatic rings. The zero-order chi connectivity index (χ0) is 21.9. The average molecular weight is 415 g/mol. The Hall–Kier alpha value is -3.95. The molecule has 0 aliphatic carbocycles. The minimum atomic E-state index is -0.717. The van der Waals surface area contributed by atoms with Crippen molar-refractivity contribution in [1.29, 1.82) is 0 Å². The highest BCUT2D eigenvalue weighted by atomic mass is 16.6. The molecule has 0 saturated carbocycles. The van der Waals surface area contributed by atoms with E-state index in [9.17, 15) is 24.5 Å². The van der Waals surface area contributed by atoms with Crippen molar-refractivity contribution in [2.75, 3.05) is 23.8 Å². The normalized spacial score (nSPS) is 10.0. The molecule has 0 bridgehead atoms. The summed E-state index contributed by atoms with van der Waals surface area (Å²) in [6, 6.07) is 12.1. The number of nitrogens with zero attached hydrogens (tertiary/aromatic N) is 1. The lowest BCUT2D eigenvalue weighted by molar-refractivity contribution is -0.384. The monoisotopic (exact) mass is 415 g/mol. The topological polar surface area (TPSA) is 137 Å². The summed E-state index contributed by atoms with van der Waals surface area (Å²) in [5, 5.41) is 15.8. The van der Waals surface area contributed by atoms with Crippen LogP contribution in [0.1, 0.15) is 19.8 Å². The second kappa shape index (κ2) is 11.1. The maximum absolute atomic E-state index is 11.9. The van der Waals surface area contributed by atoms with E-state index in [1.165, 1.54) is 24.3 Å². The van der Waals surface area contributed by atoms with Gasteiger partial charge in [0.2, 0.25) is 5.91 Å². The zero-order valence-corrected chi connectivity index (χ0v) is 16.3. The molecule has 0 unspecified atom stereocenters. The Morgan fingerprint density at radius 3 is 2.33 bits per heavy atom. The Labute approximate surface area is 172 Å². The van der Waals surface area contributed by atoms with Crippen molar-refractivity contribution in [1.82, 2.24) is 0 Å². The van der Waals surface area contributed by atoms with Crippen LogP contribution in [-0.4, -0.2) is 35.9 Å². The van der Waals surface area contributed by atoms with Crippen molar-refractivity contribution in [2.24, 2.45) is 0 Å². The number of non-ortho nitro benzene ring substituents is 1. The summed E-state index contributed by atoms with van der Waals surface area (Å²) >= 11 is 0. The van der Waals surface area contributed by atoms with Crippen LogP contribution < -0.4 is 15.4 Å². The summed E-state index contributed by atoms with van der Waals surface area (Å²) in [7, 11) is 0. The number of carbonyl (C=O) groups is 3. The van der Waals surface area contributed by atoms with Gasteiger partial charge in [0.05, 0.1) is 18.0 Å². The molecule has 0 aromatic heterocycles. The second-order valence-electron chi connectivity index (χ2n) is 6.02. The van der Waals surface area contributed by atoms with Crippen LogP contribution in [0, 0.1) is 10.1 Å². The van der Waals surface area contributed by atoms with Crippen LogP contribution in [0.2, 0.25) is 0 Å². The fraction of sp³-hybridized carbons (Fsp3) is 0.250. The molecule has 0 radical (unpaired) electrons. The molecule has 0 atom stereocenters. The van der Waals surface area contributed by atoms with Crippen LogP contribution in [0.25, 0.3) is 0 Å². The van der Waals surface area contributed by atoms with E-state index in [0.717, 1.165) is 0 Å². The number of nitrogens with one attached hydrogen (secondary N) is 2. The molecule has 2 N–H and O–H groups in total. The van der Waals surface area contributed by atoms with Gasteiger partial charge in [0, 0.05) is 29.9 Å². The van der Waals surface area contributed by atoms with E-state index in [2.05, 4.69) is 10.6 Å². The van der Waals surface area contributed by atoms with Crippen molar-refractivity contribution < 1.29 is 28.8 Å². The van der Waals surface area contributed by atoms with Gasteiger partial charge in [-0.15, -0.1) is 0 Å². The van der Waals surface area contributed by atoms with Crippen molar-refractivity contribution in [3.8, 4) is 5.75 Å². The molecule has 0 aliphatic heterocycles. The highest BCUT2D eigenvalue weighted by Crippen LogP contribution is 2.17. The standard InChI is InChI=1S/C20H21N3O7/c1-2-29-17-8-6-14(7-9-17)21-19(25)13-30-20(26)11-10-18(24)22-15-4-3-5-16(12-15)23(27)28/h3-9,12H,2,10-11,13H2,1H3,(H,21,25)(H,22,24). The van der Waals surface area contributed by atoms with Gasteiger partial charge in [0.25, 0.3) is 11.6 Å². The molecule has 30 heavy (non-hydrogen) atoms. The third-order valence-corrected chi connectivity index (χ3v) is 3.71. The molecule has 2 amide bonds. The first kappa shape index (κ1) is 22.3. The number of carbonyl (C=O) groups excluding carboxylic acids is 3. The predicted octanol–water partition coefficient (Wildman–Crippen LogP) is 2.89. The molecular weight excluding hydrogens is 394 g/mol. The van der Waals surface area contributed by atoms with Crippen LogP contribution in [0.3, 0.4) is 0 Å². The summed E-state index contributed by atoms with van der Waals surface area (Å²) in [4.78, 5) is 45.6. The lowest BCUT2D eigenvalue weighted by atomic mass is 10.2. The van der Waals surface area contributed by atoms with E-state index in [1.807, 2.05) is 6.92 Å². The Morgan fingerprint density at radius 2 is 1.67 bits per heavy atom. The Balaban J connectivity index is 1.70. The summed E-state index contributed by atoms with van der Waals surface area (Å²) in [5.41, 5.74) is 0.610. The third kappa shape index (κ3) is 7.58. The van der Waals surface area contributed by atoms with Crippen LogP contribution in [0.5, 0.6) is 5.75 Å². The highest BCUT2D eigenvalue weighted by Gasteiger charge is 2.12. The molecular formula is C20H21N3O7. The summed E-state index contributed by atoms with van der Waals surface area (Å²) < 4.78 is 10.1. The van der Waals surface area contributed by atoms with Crippen molar-refractivity contribution in [2.45, 2.75) is 19.8 Å². The molecule has 0 spiro atoms. The van der Waals surface area contributed by atoms with Crippen LogP contribution in [-0.2, 0) is 19.1 Å². The Bertz CT molecular complexity index is 913. The van der Waals surface area contributed by atoms with Gasteiger partial charge in [-0.05, 0) is 37.3 Å². The van der Waals surface area contributed by atoms with E-state index in [1.54, 1.807) is 24.3 Å². The van der Waals surface area contributed by atoms with Gasteiger partial charge in [0.1, 0.15) is 5.75 Å². The molecule has 10 heteroatoms. The molecule has 2 aromatic carbocycles. The smallest absolute Gasteiger partial charge is 0.306 e. The SMILES string of the molecule is CCOc1ccc(NC(=O)COC(=O)CCC(=O)Nc2cccc([N+](=O)[O-])c2)cc1. The lowest BCUT2D eigenvalue weighted by Crippen LogP contribution is -2.21. The average Bonchev–Trinajstić information content (AvgIpc) is 2.72. The van der Waals surface area contributed by atoms with Crippen LogP contribution >= 0.6 is 0 Å². The number of rotatable bonds is 10. The lowest BCUT2D eigenvalue weighted by Gasteiger charge is -2.08. The number of anilines is 2. The fourth-order valence-electron chi connectivity index (χ4n) is 2.35. The summed E-state index contributed by atoms with van der Waals surface area (Å²) in [6.07, 6.45) is -0.431. The third-order valence-electron chi connectivity index (χ3n) is 3.71. The number of hydrogen-bond donors (Lipinski definition) is 2. The van der Waals surface area contributed by atoms with Gasteiger partial charge in [-0.2, -0.15) is 0 Å². The van der Waals surface area contributed by atoms with Gasteiger partial charge in [-0.3, -0.25) is 24.5 Å². The number of nitro groups is 1. The molecule has 0 fully saturated rings. The molecule has 2 rings (SSSR count). The zero-order valence-electron chi connectivity index (χ0n) is 16.3. The van der Waals surface area contributed by atoms with Crippen molar-refractivity contribution >= 4 is 34.8 Å². The van der Waals surface area contributed by atoms with E-state index in [0.29, 0.717) is 18.0 Å². The number of benzene rings is 2. The minimum absolute atomic E-state index is 0.161. The van der Waals surface area contributed by atoms with E-state index in [4.69, 9.17) is 9.47 Å². The first-order valence-corrected chi connectivity index (χ1v) is 9.10. The summed E-state index contributed by atoms with van der Waals surface area (Å²) in [6.45, 7) is 1.91. The Morgan fingerprint density at radius 1 is 0.967 bits per heavy atom. The quantitative estimate of drug-likeness (QED) is 0.346. The van der Waals surface area contributed by atoms with Crippen molar-refractivity contribution in [3.63, 3.8) is 0 Å². The molecule has 0 saturated heterocycles. The number of ether oxygens (including phenoxy) is 2. The van der Waals surface area contributed by atoms with Gasteiger partial charge in [-0.25, -0.2) is 0 Å². The summed E-state index contributed by atoms with van der Waals surface area (Å²) in [5.74, 6) is -1.07. The maximum atomic E-state index is 11.9. The van der Waals surface area contributed by atoms with E-state index < -0.39 is 29.3 Å². The number of hydrogen-bond acceptors (Lipinski definition) is 7. The minimum Gasteiger partial charge on any atom is -0.494 e. The first-order valence-electron chi connectivity index (χ1n) is 9.10. The van der Waals surface area contributed by atoms with E-state index >= 15 is 0 Å². The van der Waals surface area contributed by atoms with Crippen LogP contribution in [0.15, 0.2) is 48.5 Å². The Kier molecular flexibility index (Phi) is 8.30. The van der Waals surface area contributed by atoms with Crippen molar-refractivity contribution in [3.05, 3.63) is 58.6 Å². The predicted molar refractivity (Wildman–Crippen MR) is 108 cm³/mol. The van der Waals surface area contributed by atoms with Crippen LogP contribution in [0.4, 0.5) is 17.1 Å². The number of esters is 1. The fourth-order valence-corrected chi connectivity index (χ4v) is 2.35. The van der Waals surface area contributed by atoms with Gasteiger partial charge in [0.15, 0.2) is 6.61 Å². The molecule has 0 aliphatic rings. The second-order valence-corrected chi connectivity index (χ2v) is 6.02. The maximum Gasteiger partial charge on any atom is 0.306 e. The van der Waals surface area contributed by atoms with Gasteiger partial charge < -0.3 is 20.1 Å². The highest BCUT2D eigenvalue weighted by molar-refractivity contribution is 5.94. The molecule has 10 nitrogen and oxygen atoms in total. The van der Waals surface area contributed by atoms with Gasteiger partial charge >= 0.3 is 5.97 Å². The number of amides is 2. The van der Waals surface area contributed by atoms with Gasteiger partial charge in [-0.1, -0.05) is 6.07 Å². The molecule has 0 heterocycles. The first-order chi connectivity index (χ1) is 14.4. The van der Waals surface area contributed by atoms with E-state index in [-0.39, 0.29) is 24.2 Å². The molecule has 158 valence electrons.